The quantitative estimate of drug-likeness (QED) is 0.597. The Labute approximate surface area is 171 Å². The molecule has 0 spiro atoms. The van der Waals surface area contributed by atoms with E-state index in [-0.39, 0.29) is 12.4 Å². The third-order valence-corrected chi connectivity index (χ3v) is 5.30. The van der Waals surface area contributed by atoms with E-state index in [1.807, 2.05) is 24.3 Å². The number of benzene rings is 2. The fraction of sp³-hybridized carbons (Fsp3) is 0.400. The first-order chi connectivity index (χ1) is 12.2. The predicted octanol–water partition coefficient (Wildman–Crippen LogP) is 6.04. The van der Waals surface area contributed by atoms with Crippen LogP contribution < -0.4 is 14.8 Å². The summed E-state index contributed by atoms with van der Waals surface area (Å²) in [5, 5.41) is 4.69. The molecular weight excluding hydrogens is 393 g/mol. The maximum atomic E-state index is 6.04. The Kier molecular flexibility index (Phi) is 8.36. The highest BCUT2D eigenvalue weighted by Crippen LogP contribution is 2.30. The molecule has 1 N–H and O–H groups in total. The molecule has 26 heavy (non-hydrogen) atoms. The molecule has 0 saturated heterocycles. The van der Waals surface area contributed by atoms with Gasteiger partial charge < -0.3 is 14.8 Å². The Hall–Kier alpha value is -1.13. The van der Waals surface area contributed by atoms with Gasteiger partial charge in [-0.3, -0.25) is 0 Å². The van der Waals surface area contributed by atoms with E-state index >= 15 is 0 Å². The number of halogens is 3. The molecule has 0 unspecified atom stereocenters. The molecular formula is C20H24Cl3NO2. The van der Waals surface area contributed by atoms with Crippen LogP contribution in [0.5, 0.6) is 11.5 Å². The van der Waals surface area contributed by atoms with Crippen LogP contribution in [-0.2, 0) is 13.2 Å². The van der Waals surface area contributed by atoms with Crippen LogP contribution in [0.3, 0.4) is 0 Å². The van der Waals surface area contributed by atoms with Crippen molar-refractivity contribution in [3.63, 3.8) is 0 Å². The molecule has 142 valence electrons. The Balaban J connectivity index is 0.00000243. The summed E-state index contributed by atoms with van der Waals surface area (Å²) in [5.74, 6) is 1.46. The van der Waals surface area contributed by atoms with Gasteiger partial charge in [0.2, 0.25) is 0 Å². The highest BCUT2D eigenvalue weighted by molar-refractivity contribution is 6.42. The van der Waals surface area contributed by atoms with Gasteiger partial charge in [0.1, 0.15) is 6.61 Å². The van der Waals surface area contributed by atoms with Gasteiger partial charge in [0, 0.05) is 12.6 Å². The van der Waals surface area contributed by atoms with Gasteiger partial charge in [0.05, 0.1) is 17.2 Å². The summed E-state index contributed by atoms with van der Waals surface area (Å²) >= 11 is 12.0. The van der Waals surface area contributed by atoms with Crippen molar-refractivity contribution in [3.05, 3.63) is 57.6 Å². The number of hydrogen-bond acceptors (Lipinski definition) is 3. The van der Waals surface area contributed by atoms with Crippen LogP contribution in [0.2, 0.25) is 10.0 Å². The van der Waals surface area contributed by atoms with Crippen molar-refractivity contribution in [2.24, 2.45) is 0 Å². The van der Waals surface area contributed by atoms with Crippen molar-refractivity contribution in [1.82, 2.24) is 5.32 Å². The van der Waals surface area contributed by atoms with Crippen LogP contribution >= 0.6 is 35.6 Å². The van der Waals surface area contributed by atoms with Crippen molar-refractivity contribution >= 4 is 35.6 Å². The summed E-state index contributed by atoms with van der Waals surface area (Å²) in [6, 6.07) is 12.2. The number of nitrogens with one attached hydrogen (secondary N) is 1. The fourth-order valence-corrected chi connectivity index (χ4v) is 3.44. The average Bonchev–Trinajstić information content (AvgIpc) is 3.15. The molecule has 0 aromatic heterocycles. The molecule has 0 amide bonds. The van der Waals surface area contributed by atoms with Crippen LogP contribution in [-0.4, -0.2) is 13.2 Å². The minimum Gasteiger partial charge on any atom is -0.493 e. The van der Waals surface area contributed by atoms with Gasteiger partial charge in [0.15, 0.2) is 11.5 Å². The highest BCUT2D eigenvalue weighted by Gasteiger charge is 2.14. The van der Waals surface area contributed by atoms with Gasteiger partial charge in [-0.1, -0.05) is 48.2 Å². The predicted molar refractivity (Wildman–Crippen MR) is 110 cm³/mol. The topological polar surface area (TPSA) is 30.5 Å². The molecule has 3 nitrogen and oxygen atoms in total. The summed E-state index contributed by atoms with van der Waals surface area (Å²) in [7, 11) is 1.66. The number of hydrogen-bond donors (Lipinski definition) is 1. The van der Waals surface area contributed by atoms with E-state index in [1.54, 1.807) is 13.2 Å². The van der Waals surface area contributed by atoms with Gasteiger partial charge in [-0.05, 0) is 48.2 Å². The molecule has 2 aromatic rings. The normalized spacial score (nSPS) is 14.1. The van der Waals surface area contributed by atoms with E-state index < -0.39 is 0 Å². The Bertz CT molecular complexity index is 718. The van der Waals surface area contributed by atoms with Crippen LogP contribution in [0.1, 0.15) is 36.8 Å². The zero-order chi connectivity index (χ0) is 17.6. The third kappa shape index (κ3) is 5.68. The Morgan fingerprint density at radius 3 is 2.38 bits per heavy atom. The average molecular weight is 417 g/mol. The van der Waals surface area contributed by atoms with E-state index in [9.17, 15) is 0 Å². The Morgan fingerprint density at radius 1 is 0.962 bits per heavy atom. The summed E-state index contributed by atoms with van der Waals surface area (Å²) in [6.07, 6.45) is 5.23. The SMILES string of the molecule is COc1cc(CNC2CCCC2)ccc1OCc1ccc(Cl)c(Cl)c1.Cl. The van der Waals surface area contributed by atoms with Gasteiger partial charge in [-0.2, -0.15) is 0 Å². The lowest BCUT2D eigenvalue weighted by molar-refractivity contribution is 0.284. The largest absolute Gasteiger partial charge is 0.493 e. The maximum Gasteiger partial charge on any atom is 0.161 e. The van der Waals surface area contributed by atoms with Crippen LogP contribution in [0, 0.1) is 0 Å². The van der Waals surface area contributed by atoms with E-state index in [4.69, 9.17) is 32.7 Å². The van der Waals surface area contributed by atoms with E-state index in [0.29, 0.717) is 22.7 Å². The highest BCUT2D eigenvalue weighted by atomic mass is 35.5. The first-order valence-electron chi connectivity index (χ1n) is 8.63. The molecule has 1 saturated carbocycles. The van der Waals surface area contributed by atoms with Crippen LogP contribution in [0.4, 0.5) is 0 Å². The van der Waals surface area contributed by atoms with Gasteiger partial charge in [-0.15, -0.1) is 12.4 Å². The summed E-state index contributed by atoms with van der Waals surface area (Å²) in [4.78, 5) is 0. The summed E-state index contributed by atoms with van der Waals surface area (Å²) in [6.45, 7) is 1.26. The molecule has 0 heterocycles. The van der Waals surface area contributed by atoms with Crippen LogP contribution in [0.15, 0.2) is 36.4 Å². The second kappa shape index (κ2) is 10.3. The van der Waals surface area contributed by atoms with Gasteiger partial charge >= 0.3 is 0 Å². The lowest BCUT2D eigenvalue weighted by atomic mass is 10.1. The van der Waals surface area contributed by atoms with Gasteiger partial charge in [0.25, 0.3) is 0 Å². The summed E-state index contributed by atoms with van der Waals surface area (Å²) < 4.78 is 11.4. The smallest absolute Gasteiger partial charge is 0.161 e. The second-order valence-electron chi connectivity index (χ2n) is 6.38. The van der Waals surface area contributed by atoms with Crippen molar-refractivity contribution < 1.29 is 9.47 Å². The molecule has 3 rings (SSSR count). The van der Waals surface area contributed by atoms with Crippen molar-refractivity contribution in [1.29, 1.82) is 0 Å². The zero-order valence-corrected chi connectivity index (χ0v) is 17.1. The second-order valence-corrected chi connectivity index (χ2v) is 7.20. The Morgan fingerprint density at radius 2 is 1.69 bits per heavy atom. The molecule has 1 aliphatic carbocycles. The van der Waals surface area contributed by atoms with Crippen molar-refractivity contribution in [3.8, 4) is 11.5 Å². The van der Waals surface area contributed by atoms with E-state index in [1.165, 1.54) is 31.2 Å². The molecule has 6 heteroatoms. The van der Waals surface area contributed by atoms with Crippen LogP contribution in [0.25, 0.3) is 0 Å². The van der Waals surface area contributed by atoms with Crippen molar-refractivity contribution in [2.45, 2.75) is 44.9 Å². The third-order valence-electron chi connectivity index (χ3n) is 4.56. The fourth-order valence-electron chi connectivity index (χ4n) is 3.12. The van der Waals surface area contributed by atoms with Gasteiger partial charge in [-0.25, -0.2) is 0 Å². The first kappa shape index (κ1) is 21.2. The number of ether oxygens (including phenoxy) is 2. The molecule has 0 radical (unpaired) electrons. The minimum absolute atomic E-state index is 0. The molecule has 0 atom stereocenters. The number of methoxy groups -OCH3 is 1. The minimum atomic E-state index is 0. The standard InChI is InChI=1S/C20H23Cl2NO2.ClH/c1-24-20-11-14(12-23-16-4-2-3-5-16)7-9-19(20)25-13-15-6-8-17(21)18(22)10-15;/h6-11,16,23H,2-5,12-13H2,1H3;1H. The molecule has 2 aromatic carbocycles. The molecule has 0 aliphatic heterocycles. The van der Waals surface area contributed by atoms with E-state index in [2.05, 4.69) is 11.4 Å². The summed E-state index contributed by atoms with van der Waals surface area (Å²) in [5.41, 5.74) is 2.16. The molecule has 0 bridgehead atoms. The number of rotatable bonds is 7. The maximum absolute atomic E-state index is 6.04. The molecule has 1 fully saturated rings. The molecule has 1 aliphatic rings. The first-order valence-corrected chi connectivity index (χ1v) is 9.38. The monoisotopic (exact) mass is 415 g/mol. The lowest BCUT2D eigenvalue weighted by Crippen LogP contribution is -2.25. The van der Waals surface area contributed by atoms with E-state index in [0.717, 1.165) is 23.6 Å². The van der Waals surface area contributed by atoms with Crippen molar-refractivity contribution in [2.75, 3.05) is 7.11 Å². The zero-order valence-electron chi connectivity index (χ0n) is 14.8. The lowest BCUT2D eigenvalue weighted by Gasteiger charge is -2.15.